The van der Waals surface area contributed by atoms with Crippen molar-refractivity contribution < 1.29 is 0 Å². The standard InChI is InChI=1S/C11H16N4S/c1-15(2)5-6-16-11-13-9-4-3-8(12)7-10(9)14-11/h3-4,7H,5-6,12H2,1-2H3,(H,13,14). The molecular weight excluding hydrogens is 220 g/mol. The zero-order chi connectivity index (χ0) is 11.5. The fraction of sp³-hybridized carbons (Fsp3) is 0.364. The highest BCUT2D eigenvalue weighted by molar-refractivity contribution is 7.99. The summed E-state index contributed by atoms with van der Waals surface area (Å²) in [5.74, 6) is 1.03. The number of nitrogens with two attached hydrogens (primary N) is 1. The van der Waals surface area contributed by atoms with Crippen LogP contribution in [0.2, 0.25) is 0 Å². The fourth-order valence-electron chi connectivity index (χ4n) is 1.40. The van der Waals surface area contributed by atoms with Gasteiger partial charge in [-0.05, 0) is 32.3 Å². The van der Waals surface area contributed by atoms with Gasteiger partial charge in [0.15, 0.2) is 5.16 Å². The number of hydrogen-bond acceptors (Lipinski definition) is 4. The molecule has 0 aliphatic carbocycles. The molecule has 2 aromatic rings. The van der Waals surface area contributed by atoms with E-state index in [1.54, 1.807) is 11.8 Å². The number of nitrogens with one attached hydrogen (secondary N) is 1. The summed E-state index contributed by atoms with van der Waals surface area (Å²) in [7, 11) is 4.14. The number of imidazole rings is 1. The lowest BCUT2D eigenvalue weighted by Crippen LogP contribution is -2.14. The van der Waals surface area contributed by atoms with E-state index in [0.717, 1.165) is 34.2 Å². The Kier molecular flexibility index (Phi) is 3.36. The molecule has 0 fully saturated rings. The molecular formula is C11H16N4S. The van der Waals surface area contributed by atoms with Crippen molar-refractivity contribution in [1.29, 1.82) is 0 Å². The summed E-state index contributed by atoms with van der Waals surface area (Å²) >= 11 is 1.73. The van der Waals surface area contributed by atoms with Crippen LogP contribution in [0.1, 0.15) is 0 Å². The number of aromatic nitrogens is 2. The van der Waals surface area contributed by atoms with Crippen molar-refractivity contribution in [3.63, 3.8) is 0 Å². The van der Waals surface area contributed by atoms with Crippen LogP contribution in [0, 0.1) is 0 Å². The second-order valence-electron chi connectivity index (χ2n) is 3.97. The topological polar surface area (TPSA) is 57.9 Å². The van der Waals surface area contributed by atoms with Gasteiger partial charge in [0, 0.05) is 18.0 Å². The van der Waals surface area contributed by atoms with Crippen LogP contribution in [0.5, 0.6) is 0 Å². The van der Waals surface area contributed by atoms with E-state index in [4.69, 9.17) is 5.73 Å². The number of rotatable bonds is 4. The highest BCUT2D eigenvalue weighted by Gasteiger charge is 2.03. The average molecular weight is 236 g/mol. The van der Waals surface area contributed by atoms with E-state index in [0.29, 0.717) is 0 Å². The molecule has 0 aliphatic rings. The summed E-state index contributed by atoms with van der Waals surface area (Å²) in [6, 6.07) is 5.73. The van der Waals surface area contributed by atoms with Gasteiger partial charge in [0.1, 0.15) is 0 Å². The van der Waals surface area contributed by atoms with Crippen molar-refractivity contribution >= 4 is 28.5 Å². The zero-order valence-corrected chi connectivity index (χ0v) is 10.3. The lowest BCUT2D eigenvalue weighted by Gasteiger charge is -2.06. The van der Waals surface area contributed by atoms with Crippen LogP contribution in [0.25, 0.3) is 11.0 Å². The molecule has 1 aromatic carbocycles. The Labute approximate surface area is 99.2 Å². The Morgan fingerprint density at radius 1 is 1.44 bits per heavy atom. The molecule has 16 heavy (non-hydrogen) atoms. The molecule has 4 nitrogen and oxygen atoms in total. The first-order valence-electron chi connectivity index (χ1n) is 5.18. The van der Waals surface area contributed by atoms with E-state index >= 15 is 0 Å². The molecule has 1 heterocycles. The van der Waals surface area contributed by atoms with Crippen molar-refractivity contribution in [3.8, 4) is 0 Å². The second kappa shape index (κ2) is 4.76. The Morgan fingerprint density at radius 3 is 3.00 bits per heavy atom. The van der Waals surface area contributed by atoms with Gasteiger partial charge in [0.05, 0.1) is 11.0 Å². The fourth-order valence-corrected chi connectivity index (χ4v) is 2.39. The monoisotopic (exact) mass is 236 g/mol. The molecule has 0 spiro atoms. The lowest BCUT2D eigenvalue weighted by atomic mass is 10.3. The third-order valence-corrected chi connectivity index (χ3v) is 3.11. The molecule has 0 radical (unpaired) electrons. The third-order valence-electron chi connectivity index (χ3n) is 2.26. The van der Waals surface area contributed by atoms with Gasteiger partial charge in [-0.1, -0.05) is 11.8 Å². The van der Waals surface area contributed by atoms with Crippen molar-refractivity contribution in [2.45, 2.75) is 5.16 Å². The second-order valence-corrected chi connectivity index (χ2v) is 5.05. The first kappa shape index (κ1) is 11.3. The highest BCUT2D eigenvalue weighted by Crippen LogP contribution is 2.20. The lowest BCUT2D eigenvalue weighted by molar-refractivity contribution is 0.437. The largest absolute Gasteiger partial charge is 0.399 e. The first-order valence-corrected chi connectivity index (χ1v) is 6.16. The van der Waals surface area contributed by atoms with Crippen LogP contribution in [0.15, 0.2) is 23.4 Å². The maximum absolute atomic E-state index is 5.71. The van der Waals surface area contributed by atoms with Crippen LogP contribution >= 0.6 is 11.8 Å². The van der Waals surface area contributed by atoms with E-state index in [9.17, 15) is 0 Å². The van der Waals surface area contributed by atoms with Gasteiger partial charge >= 0.3 is 0 Å². The van der Waals surface area contributed by atoms with Gasteiger partial charge < -0.3 is 15.6 Å². The molecule has 0 aliphatic heterocycles. The van der Waals surface area contributed by atoms with E-state index in [1.165, 1.54) is 0 Å². The van der Waals surface area contributed by atoms with Crippen LogP contribution in [0.4, 0.5) is 5.69 Å². The molecule has 0 amide bonds. The molecule has 2 rings (SSSR count). The van der Waals surface area contributed by atoms with Crippen LogP contribution in [0.3, 0.4) is 0 Å². The van der Waals surface area contributed by atoms with E-state index < -0.39 is 0 Å². The maximum Gasteiger partial charge on any atom is 0.166 e. The van der Waals surface area contributed by atoms with Crippen molar-refractivity contribution in [3.05, 3.63) is 18.2 Å². The predicted molar refractivity (Wildman–Crippen MR) is 69.8 cm³/mol. The normalized spacial score (nSPS) is 11.4. The molecule has 0 bridgehead atoms. The quantitative estimate of drug-likeness (QED) is 0.628. The maximum atomic E-state index is 5.71. The molecule has 0 saturated heterocycles. The number of nitrogens with zero attached hydrogens (tertiary/aromatic N) is 2. The Bertz CT molecular complexity index is 478. The van der Waals surface area contributed by atoms with Crippen LogP contribution < -0.4 is 5.73 Å². The number of anilines is 1. The Morgan fingerprint density at radius 2 is 2.25 bits per heavy atom. The van der Waals surface area contributed by atoms with Gasteiger partial charge in [-0.25, -0.2) is 4.98 Å². The molecule has 5 heteroatoms. The van der Waals surface area contributed by atoms with Crippen molar-refractivity contribution in [1.82, 2.24) is 14.9 Å². The van der Waals surface area contributed by atoms with Crippen molar-refractivity contribution in [2.24, 2.45) is 0 Å². The summed E-state index contributed by atoms with van der Waals surface area (Å²) in [5.41, 5.74) is 8.46. The molecule has 86 valence electrons. The minimum atomic E-state index is 0.765. The molecule has 3 N–H and O–H groups in total. The first-order chi connectivity index (χ1) is 7.65. The van der Waals surface area contributed by atoms with Gasteiger partial charge in [-0.3, -0.25) is 0 Å². The van der Waals surface area contributed by atoms with Gasteiger partial charge in [0.2, 0.25) is 0 Å². The van der Waals surface area contributed by atoms with E-state index in [2.05, 4.69) is 29.0 Å². The number of benzene rings is 1. The number of hydrogen-bond donors (Lipinski definition) is 2. The summed E-state index contributed by atoms with van der Waals surface area (Å²) in [4.78, 5) is 9.91. The smallest absolute Gasteiger partial charge is 0.166 e. The van der Waals surface area contributed by atoms with Gasteiger partial charge in [-0.15, -0.1) is 0 Å². The number of aromatic amines is 1. The highest BCUT2D eigenvalue weighted by atomic mass is 32.2. The Hall–Kier alpha value is -1.20. The summed E-state index contributed by atoms with van der Waals surface area (Å²) in [5, 5.41) is 0.961. The van der Waals surface area contributed by atoms with Crippen LogP contribution in [-0.4, -0.2) is 41.3 Å². The minimum absolute atomic E-state index is 0.765. The minimum Gasteiger partial charge on any atom is -0.399 e. The molecule has 0 unspecified atom stereocenters. The SMILES string of the molecule is CN(C)CCSc1nc2ccc(N)cc2[nH]1. The van der Waals surface area contributed by atoms with Crippen LogP contribution in [-0.2, 0) is 0 Å². The van der Waals surface area contributed by atoms with E-state index in [-0.39, 0.29) is 0 Å². The number of fused-ring (bicyclic) bond motifs is 1. The molecule has 0 atom stereocenters. The summed E-state index contributed by atoms with van der Waals surface area (Å²) in [6.07, 6.45) is 0. The third kappa shape index (κ3) is 2.68. The molecule has 1 aromatic heterocycles. The van der Waals surface area contributed by atoms with Gasteiger partial charge in [-0.2, -0.15) is 0 Å². The summed E-state index contributed by atoms with van der Waals surface area (Å²) in [6.45, 7) is 1.05. The Balaban J connectivity index is 2.08. The number of nitrogen functional groups attached to an aromatic ring is 1. The average Bonchev–Trinajstić information content (AvgIpc) is 2.58. The van der Waals surface area contributed by atoms with E-state index in [1.807, 2.05) is 18.2 Å². The number of thioether (sulfide) groups is 1. The zero-order valence-electron chi connectivity index (χ0n) is 9.53. The summed E-state index contributed by atoms with van der Waals surface area (Å²) < 4.78 is 0. The molecule has 0 saturated carbocycles. The predicted octanol–water partition coefficient (Wildman–Crippen LogP) is 1.80. The number of H-pyrrole nitrogens is 1. The van der Waals surface area contributed by atoms with Gasteiger partial charge in [0.25, 0.3) is 0 Å². The van der Waals surface area contributed by atoms with Crippen molar-refractivity contribution in [2.75, 3.05) is 32.1 Å².